The fourth-order valence-electron chi connectivity index (χ4n) is 3.49. The van der Waals surface area contributed by atoms with Gasteiger partial charge in [-0.3, -0.25) is 14.6 Å². The molecular weight excluding hydrogens is 402 g/mol. The number of nitrogens with one attached hydrogen (secondary N) is 1. The first-order valence-corrected chi connectivity index (χ1v) is 10.3. The Kier molecular flexibility index (Phi) is 6.41. The van der Waals surface area contributed by atoms with Crippen LogP contribution in [0.4, 0.5) is 0 Å². The number of nitrogens with zero attached hydrogens (tertiary/aromatic N) is 1. The molecule has 0 unspecified atom stereocenters. The molecule has 0 spiro atoms. The second kappa shape index (κ2) is 9.75. The number of rotatable bonds is 8. The van der Waals surface area contributed by atoms with Crippen molar-refractivity contribution in [2.75, 3.05) is 0 Å². The van der Waals surface area contributed by atoms with Gasteiger partial charge in [-0.1, -0.05) is 60.7 Å². The molecule has 1 atom stereocenters. The molecule has 0 aliphatic carbocycles. The summed E-state index contributed by atoms with van der Waals surface area (Å²) < 4.78 is 5.86. The summed E-state index contributed by atoms with van der Waals surface area (Å²) in [6.07, 6.45) is 1.83. The second-order valence-corrected chi connectivity index (χ2v) is 7.43. The van der Waals surface area contributed by atoms with Crippen LogP contribution < -0.4 is 15.8 Å². The van der Waals surface area contributed by atoms with Crippen LogP contribution in [0.1, 0.15) is 21.5 Å². The van der Waals surface area contributed by atoms with Crippen LogP contribution in [0, 0.1) is 0 Å². The summed E-state index contributed by atoms with van der Waals surface area (Å²) in [5.41, 5.74) is 8.65. The zero-order valence-electron chi connectivity index (χ0n) is 17.4. The van der Waals surface area contributed by atoms with Crippen molar-refractivity contribution in [2.24, 2.45) is 5.73 Å². The van der Waals surface area contributed by atoms with E-state index >= 15 is 0 Å². The second-order valence-electron chi connectivity index (χ2n) is 7.43. The molecule has 2 amide bonds. The van der Waals surface area contributed by atoms with E-state index < -0.39 is 11.9 Å². The largest absolute Gasteiger partial charge is 0.489 e. The Bertz CT molecular complexity index is 1240. The van der Waals surface area contributed by atoms with Crippen molar-refractivity contribution in [3.8, 4) is 5.75 Å². The topological polar surface area (TPSA) is 94.3 Å². The molecular formula is C26H23N3O3. The maximum Gasteiger partial charge on any atom is 0.252 e. The van der Waals surface area contributed by atoms with Crippen molar-refractivity contribution >= 4 is 22.7 Å². The zero-order valence-corrected chi connectivity index (χ0v) is 17.4. The van der Waals surface area contributed by atoms with Gasteiger partial charge in [0.1, 0.15) is 18.4 Å². The summed E-state index contributed by atoms with van der Waals surface area (Å²) >= 11 is 0. The predicted octanol–water partition coefficient (Wildman–Crippen LogP) is 3.64. The molecule has 4 aromatic rings. The number of carbonyl (C=O) groups is 2. The molecule has 0 saturated carbocycles. The fraction of sp³-hybridized carbons (Fsp3) is 0.115. The molecule has 32 heavy (non-hydrogen) atoms. The van der Waals surface area contributed by atoms with E-state index in [9.17, 15) is 9.59 Å². The maximum atomic E-state index is 12.9. The highest BCUT2D eigenvalue weighted by Gasteiger charge is 2.21. The van der Waals surface area contributed by atoms with E-state index in [-0.39, 0.29) is 12.3 Å². The summed E-state index contributed by atoms with van der Waals surface area (Å²) in [5, 5.41) is 3.48. The summed E-state index contributed by atoms with van der Waals surface area (Å²) in [4.78, 5) is 29.3. The van der Waals surface area contributed by atoms with Crippen molar-refractivity contribution in [3.05, 3.63) is 108 Å². The number of carbonyl (C=O) groups excluding carboxylic acids is 2. The van der Waals surface area contributed by atoms with Gasteiger partial charge >= 0.3 is 0 Å². The number of aromatic nitrogens is 1. The van der Waals surface area contributed by atoms with Crippen LogP contribution in [0.3, 0.4) is 0 Å². The summed E-state index contributed by atoms with van der Waals surface area (Å²) in [6, 6.07) is 25.4. The van der Waals surface area contributed by atoms with Gasteiger partial charge in [0.05, 0.1) is 11.1 Å². The smallest absolute Gasteiger partial charge is 0.252 e. The first-order valence-electron chi connectivity index (χ1n) is 10.3. The third-order valence-corrected chi connectivity index (χ3v) is 5.13. The van der Waals surface area contributed by atoms with Crippen LogP contribution in [0.25, 0.3) is 10.9 Å². The minimum absolute atomic E-state index is 0.257. The Morgan fingerprint density at radius 1 is 0.906 bits per heavy atom. The minimum Gasteiger partial charge on any atom is -0.489 e. The van der Waals surface area contributed by atoms with E-state index in [1.54, 1.807) is 12.3 Å². The van der Waals surface area contributed by atoms with Crippen LogP contribution in [0.5, 0.6) is 5.75 Å². The normalized spacial score (nSPS) is 11.6. The lowest BCUT2D eigenvalue weighted by atomic mass is 10.0. The van der Waals surface area contributed by atoms with Gasteiger partial charge in [-0.25, -0.2) is 0 Å². The Labute approximate surface area is 186 Å². The standard InChI is InChI=1S/C26H23N3O3/c27-25(30)24(29-26(31)22-13-14-28-23-12-5-4-11-21(22)23)16-19-9-6-10-20(15-19)32-17-18-7-2-1-3-8-18/h1-15,24H,16-17H2,(H2,27,30)(H,29,31)/t24-/m1/s1. The van der Waals surface area contributed by atoms with Crippen molar-refractivity contribution in [2.45, 2.75) is 19.1 Å². The lowest BCUT2D eigenvalue weighted by molar-refractivity contribution is -0.119. The molecule has 3 aromatic carbocycles. The van der Waals surface area contributed by atoms with E-state index in [4.69, 9.17) is 10.5 Å². The Morgan fingerprint density at radius 3 is 2.47 bits per heavy atom. The van der Waals surface area contributed by atoms with Gasteiger partial charge in [-0.15, -0.1) is 0 Å². The Balaban J connectivity index is 1.46. The van der Waals surface area contributed by atoms with E-state index in [1.165, 1.54) is 0 Å². The van der Waals surface area contributed by atoms with E-state index in [0.29, 0.717) is 28.8 Å². The van der Waals surface area contributed by atoms with Crippen LogP contribution in [-0.2, 0) is 17.8 Å². The van der Waals surface area contributed by atoms with Gasteiger partial charge in [0.15, 0.2) is 0 Å². The molecule has 0 aliphatic heterocycles. The molecule has 0 bridgehead atoms. The molecule has 0 radical (unpaired) electrons. The first-order chi connectivity index (χ1) is 15.6. The zero-order chi connectivity index (χ0) is 22.3. The quantitative estimate of drug-likeness (QED) is 0.451. The van der Waals surface area contributed by atoms with Crippen molar-refractivity contribution in [1.82, 2.24) is 10.3 Å². The highest BCUT2D eigenvalue weighted by Crippen LogP contribution is 2.18. The van der Waals surface area contributed by atoms with Crippen molar-refractivity contribution in [3.63, 3.8) is 0 Å². The third-order valence-electron chi connectivity index (χ3n) is 5.13. The molecule has 1 heterocycles. The van der Waals surface area contributed by atoms with Gasteiger partial charge < -0.3 is 15.8 Å². The van der Waals surface area contributed by atoms with Gasteiger partial charge in [0.2, 0.25) is 5.91 Å². The SMILES string of the molecule is NC(=O)[C@@H](Cc1cccc(OCc2ccccc2)c1)NC(=O)c1ccnc2ccccc12. The molecule has 0 aliphatic rings. The van der Waals surface area contributed by atoms with Gasteiger partial charge in [-0.05, 0) is 35.4 Å². The molecule has 4 rings (SSSR count). The molecule has 0 saturated heterocycles. The molecule has 1 aromatic heterocycles. The number of ether oxygens (including phenoxy) is 1. The average molecular weight is 425 g/mol. The predicted molar refractivity (Wildman–Crippen MR) is 123 cm³/mol. The molecule has 160 valence electrons. The average Bonchev–Trinajstić information content (AvgIpc) is 2.83. The summed E-state index contributed by atoms with van der Waals surface area (Å²) in [6.45, 7) is 0.440. The van der Waals surface area contributed by atoms with Crippen LogP contribution in [0.15, 0.2) is 91.1 Å². The highest BCUT2D eigenvalue weighted by molar-refractivity contribution is 6.07. The van der Waals surface area contributed by atoms with E-state index in [2.05, 4.69) is 10.3 Å². The number of nitrogens with two attached hydrogens (primary N) is 1. The lowest BCUT2D eigenvalue weighted by Crippen LogP contribution is -2.45. The number of pyridine rings is 1. The first kappa shape index (κ1) is 21.1. The molecule has 0 fully saturated rings. The number of hydrogen-bond donors (Lipinski definition) is 2. The van der Waals surface area contributed by atoms with Crippen molar-refractivity contribution < 1.29 is 14.3 Å². The number of amides is 2. The Morgan fingerprint density at radius 2 is 1.66 bits per heavy atom. The van der Waals surface area contributed by atoms with Gasteiger partial charge in [0.25, 0.3) is 5.91 Å². The number of benzene rings is 3. The summed E-state index contributed by atoms with van der Waals surface area (Å²) in [5.74, 6) is -0.294. The molecule has 6 heteroatoms. The maximum absolute atomic E-state index is 12.9. The number of hydrogen-bond acceptors (Lipinski definition) is 4. The number of primary amides is 1. The van der Waals surface area contributed by atoms with Gasteiger partial charge in [-0.2, -0.15) is 0 Å². The summed E-state index contributed by atoms with van der Waals surface area (Å²) in [7, 11) is 0. The fourth-order valence-corrected chi connectivity index (χ4v) is 3.49. The monoisotopic (exact) mass is 425 g/mol. The van der Waals surface area contributed by atoms with Gasteiger partial charge in [0, 0.05) is 18.0 Å². The minimum atomic E-state index is -0.862. The number of fused-ring (bicyclic) bond motifs is 1. The van der Waals surface area contributed by atoms with Crippen LogP contribution in [-0.4, -0.2) is 22.8 Å². The highest BCUT2D eigenvalue weighted by atomic mass is 16.5. The van der Waals surface area contributed by atoms with Crippen molar-refractivity contribution in [1.29, 1.82) is 0 Å². The molecule has 6 nitrogen and oxygen atoms in total. The molecule has 3 N–H and O–H groups in total. The number of para-hydroxylation sites is 1. The van der Waals surface area contributed by atoms with E-state index in [0.717, 1.165) is 11.1 Å². The van der Waals surface area contributed by atoms with E-state index in [1.807, 2.05) is 78.9 Å². The van der Waals surface area contributed by atoms with Crippen LogP contribution >= 0.6 is 0 Å². The van der Waals surface area contributed by atoms with Crippen LogP contribution in [0.2, 0.25) is 0 Å². The third kappa shape index (κ3) is 5.10. The lowest BCUT2D eigenvalue weighted by Gasteiger charge is -2.17. The Hall–Kier alpha value is -4.19.